The molecule has 1 aliphatic rings. The minimum Gasteiger partial charge on any atom is -0.481 e. The Balaban J connectivity index is 1.69. The van der Waals surface area contributed by atoms with E-state index < -0.39 is 17.7 Å². The predicted molar refractivity (Wildman–Crippen MR) is 140 cm³/mol. The third-order valence-electron chi connectivity index (χ3n) is 7.24. The Kier molecular flexibility index (Phi) is 8.72. The molecular weight excluding hydrogens is 509 g/mol. The Bertz CT molecular complexity index is 1280. The molecule has 1 fully saturated rings. The van der Waals surface area contributed by atoms with Gasteiger partial charge in [-0.25, -0.2) is 9.67 Å². The molecular formula is C29H33F3N4O3. The van der Waals surface area contributed by atoms with E-state index in [4.69, 9.17) is 10.2 Å². The van der Waals surface area contributed by atoms with Gasteiger partial charge in [0.15, 0.2) is 5.82 Å². The van der Waals surface area contributed by atoms with Crippen molar-refractivity contribution in [3.63, 3.8) is 0 Å². The number of nitrogens with one attached hydrogen (secondary N) is 1. The molecule has 39 heavy (non-hydrogen) atoms. The lowest BCUT2D eigenvalue weighted by atomic mass is 9.73. The molecule has 0 bridgehead atoms. The van der Waals surface area contributed by atoms with E-state index in [2.05, 4.69) is 10.3 Å². The van der Waals surface area contributed by atoms with Crippen LogP contribution in [0.3, 0.4) is 0 Å². The summed E-state index contributed by atoms with van der Waals surface area (Å²) in [6.45, 7) is 4.13. The maximum absolute atomic E-state index is 13.1. The summed E-state index contributed by atoms with van der Waals surface area (Å²) in [6, 6.07) is 9.71. The number of hydrogen-bond donors (Lipinski definition) is 2. The van der Waals surface area contributed by atoms with Gasteiger partial charge < -0.3 is 10.4 Å². The second kappa shape index (κ2) is 12.0. The highest BCUT2D eigenvalue weighted by Crippen LogP contribution is 2.43. The van der Waals surface area contributed by atoms with E-state index in [0.29, 0.717) is 17.3 Å². The summed E-state index contributed by atoms with van der Waals surface area (Å²) in [7, 11) is 0. The molecule has 1 amide bonds. The van der Waals surface area contributed by atoms with E-state index in [1.807, 2.05) is 32.2 Å². The molecule has 1 saturated carbocycles. The number of carbonyl (C=O) groups is 2. The van der Waals surface area contributed by atoms with Gasteiger partial charge in [-0.05, 0) is 54.5 Å². The zero-order valence-electron chi connectivity index (χ0n) is 22.0. The molecule has 208 valence electrons. The molecule has 1 aliphatic carbocycles. The molecule has 2 heterocycles. The maximum atomic E-state index is 13.1. The summed E-state index contributed by atoms with van der Waals surface area (Å²) in [5.41, 5.74) is 2.54. The van der Waals surface area contributed by atoms with Gasteiger partial charge >= 0.3 is 12.1 Å². The fraction of sp³-hybridized carbons (Fsp3) is 0.448. The third kappa shape index (κ3) is 6.85. The van der Waals surface area contributed by atoms with Gasteiger partial charge in [-0.1, -0.05) is 45.2 Å². The number of alkyl halides is 3. The van der Waals surface area contributed by atoms with Crippen molar-refractivity contribution in [2.75, 3.05) is 6.54 Å². The number of aliphatic carboxylic acids is 1. The van der Waals surface area contributed by atoms with E-state index in [1.54, 1.807) is 16.8 Å². The van der Waals surface area contributed by atoms with Crippen LogP contribution in [0.1, 0.15) is 97.0 Å². The predicted octanol–water partition coefficient (Wildman–Crippen LogP) is 6.33. The van der Waals surface area contributed by atoms with Crippen LogP contribution in [0.15, 0.2) is 48.8 Å². The number of carboxylic acids is 1. The smallest absolute Gasteiger partial charge is 0.417 e. The number of amides is 1. The molecule has 0 aliphatic heterocycles. The number of pyridine rings is 1. The average molecular weight is 543 g/mol. The van der Waals surface area contributed by atoms with Crippen molar-refractivity contribution in [2.24, 2.45) is 5.92 Å². The van der Waals surface area contributed by atoms with Crippen LogP contribution < -0.4 is 5.32 Å². The van der Waals surface area contributed by atoms with Gasteiger partial charge in [0.25, 0.3) is 5.91 Å². The Morgan fingerprint density at radius 1 is 1.08 bits per heavy atom. The normalized spacial score (nSPS) is 15.3. The highest BCUT2D eigenvalue weighted by Gasteiger charge is 2.32. The van der Waals surface area contributed by atoms with Crippen LogP contribution in [0.5, 0.6) is 0 Å². The summed E-state index contributed by atoms with van der Waals surface area (Å²) in [5, 5.41) is 16.2. The zero-order chi connectivity index (χ0) is 28.2. The monoisotopic (exact) mass is 542 g/mol. The zero-order valence-corrected chi connectivity index (χ0v) is 22.0. The molecule has 1 atom stereocenters. The molecule has 1 unspecified atom stereocenters. The van der Waals surface area contributed by atoms with Crippen LogP contribution in [0, 0.1) is 5.92 Å². The minimum atomic E-state index is -4.46. The second-order valence-corrected chi connectivity index (χ2v) is 10.4. The molecule has 0 spiro atoms. The summed E-state index contributed by atoms with van der Waals surface area (Å²) in [5.74, 6) is -0.581. The Hall–Kier alpha value is -3.69. The molecule has 0 radical (unpaired) electrons. The van der Waals surface area contributed by atoms with Crippen molar-refractivity contribution in [1.82, 2.24) is 20.1 Å². The SMILES string of the molecule is CC(C)c1nn(-c2ccc(C(F)(F)F)cn2)cc1C(c1ccc(C(=O)NCCC(=O)O)cc1)C1CCCCC1. The van der Waals surface area contributed by atoms with Crippen LogP contribution in [-0.4, -0.2) is 38.3 Å². The van der Waals surface area contributed by atoms with Crippen LogP contribution in [-0.2, 0) is 11.0 Å². The second-order valence-electron chi connectivity index (χ2n) is 10.4. The number of halogens is 3. The van der Waals surface area contributed by atoms with E-state index >= 15 is 0 Å². The van der Waals surface area contributed by atoms with Crippen LogP contribution in [0.2, 0.25) is 0 Å². The van der Waals surface area contributed by atoms with Gasteiger partial charge in [0.1, 0.15) is 0 Å². The number of nitrogens with zero attached hydrogens (tertiary/aromatic N) is 3. The summed E-state index contributed by atoms with van der Waals surface area (Å²) in [4.78, 5) is 27.3. The van der Waals surface area contributed by atoms with Crippen molar-refractivity contribution in [1.29, 1.82) is 0 Å². The number of aromatic nitrogens is 3. The molecule has 10 heteroatoms. The average Bonchev–Trinajstić information content (AvgIpc) is 3.34. The molecule has 2 N–H and O–H groups in total. The van der Waals surface area contributed by atoms with Gasteiger partial charge in [0.05, 0.1) is 17.7 Å². The third-order valence-corrected chi connectivity index (χ3v) is 7.24. The van der Waals surface area contributed by atoms with Crippen molar-refractivity contribution >= 4 is 11.9 Å². The lowest BCUT2D eigenvalue weighted by Crippen LogP contribution is -2.26. The lowest BCUT2D eigenvalue weighted by Gasteiger charge is -2.31. The first-order valence-electron chi connectivity index (χ1n) is 13.3. The lowest BCUT2D eigenvalue weighted by molar-refractivity contribution is -0.138. The highest BCUT2D eigenvalue weighted by molar-refractivity contribution is 5.94. The van der Waals surface area contributed by atoms with Crippen molar-refractivity contribution in [3.05, 3.63) is 76.7 Å². The largest absolute Gasteiger partial charge is 0.481 e. The van der Waals surface area contributed by atoms with Gasteiger partial charge in [-0.3, -0.25) is 9.59 Å². The fourth-order valence-electron chi connectivity index (χ4n) is 5.30. The van der Waals surface area contributed by atoms with E-state index in [9.17, 15) is 22.8 Å². The topological polar surface area (TPSA) is 97.1 Å². The Labute approximate surface area is 225 Å². The first-order chi connectivity index (χ1) is 18.5. The summed E-state index contributed by atoms with van der Waals surface area (Å²) in [6.07, 6.45) is 3.62. The van der Waals surface area contributed by atoms with E-state index in [1.165, 1.54) is 12.5 Å². The van der Waals surface area contributed by atoms with Crippen molar-refractivity contribution in [2.45, 2.75) is 70.4 Å². The van der Waals surface area contributed by atoms with E-state index in [0.717, 1.165) is 54.8 Å². The van der Waals surface area contributed by atoms with Crippen molar-refractivity contribution < 1.29 is 27.9 Å². The molecule has 1 aromatic carbocycles. The summed E-state index contributed by atoms with van der Waals surface area (Å²) < 4.78 is 40.7. The number of carbonyl (C=O) groups excluding carboxylic acids is 1. The number of hydrogen-bond acceptors (Lipinski definition) is 4. The van der Waals surface area contributed by atoms with Crippen LogP contribution in [0.25, 0.3) is 5.82 Å². The highest BCUT2D eigenvalue weighted by atomic mass is 19.4. The first kappa shape index (κ1) is 28.3. The van der Waals surface area contributed by atoms with Gasteiger partial charge in [0.2, 0.25) is 0 Å². The van der Waals surface area contributed by atoms with Crippen LogP contribution >= 0.6 is 0 Å². The Morgan fingerprint density at radius 2 is 1.77 bits per heavy atom. The van der Waals surface area contributed by atoms with Gasteiger partial charge in [0, 0.05) is 36.0 Å². The van der Waals surface area contributed by atoms with Gasteiger partial charge in [-0.2, -0.15) is 18.3 Å². The van der Waals surface area contributed by atoms with Crippen molar-refractivity contribution in [3.8, 4) is 5.82 Å². The number of carboxylic acid groups (broad SMARTS) is 1. The van der Waals surface area contributed by atoms with Gasteiger partial charge in [-0.15, -0.1) is 0 Å². The molecule has 0 saturated heterocycles. The van der Waals surface area contributed by atoms with Crippen LogP contribution in [0.4, 0.5) is 13.2 Å². The van der Waals surface area contributed by atoms with E-state index in [-0.39, 0.29) is 30.7 Å². The molecule has 2 aromatic heterocycles. The molecule has 7 nitrogen and oxygen atoms in total. The quantitative estimate of drug-likeness (QED) is 0.330. The molecule has 3 aromatic rings. The number of benzene rings is 1. The molecule has 4 rings (SSSR count). The minimum absolute atomic E-state index is 0.00461. The standard InChI is InChI=1S/C29H33F3N4O3/c1-18(2)27-23(17-36(35-27)24-13-12-22(16-34-24)29(30,31)32)26(19-6-4-3-5-7-19)20-8-10-21(11-9-20)28(39)33-15-14-25(37)38/h8-13,16-19,26H,3-7,14-15H2,1-2H3,(H,33,39)(H,37,38). The Morgan fingerprint density at radius 3 is 2.33 bits per heavy atom. The fourth-order valence-corrected chi connectivity index (χ4v) is 5.30. The number of rotatable bonds is 9. The first-order valence-corrected chi connectivity index (χ1v) is 13.3. The summed E-state index contributed by atoms with van der Waals surface area (Å²) >= 11 is 0. The maximum Gasteiger partial charge on any atom is 0.417 e.